The van der Waals surface area contributed by atoms with Gasteiger partial charge in [-0.05, 0) is 64.7 Å². The maximum absolute atomic E-state index is 11.9. The average molecular weight is 422 g/mol. The number of carbonyl (C=O) groups excluding carboxylic acids is 1. The highest BCUT2D eigenvalue weighted by Gasteiger charge is 2.10. The quantitative estimate of drug-likeness (QED) is 0.438. The van der Waals surface area contributed by atoms with Crippen molar-refractivity contribution < 1.29 is 24.5 Å². The SMILES string of the molecule is CCc1ccc(OCCCC(=O)Nc2ccc(C(=O)O)cc2O)c(Br)c1. The summed E-state index contributed by atoms with van der Waals surface area (Å²) in [4.78, 5) is 22.8. The molecule has 0 spiro atoms. The van der Waals surface area contributed by atoms with E-state index in [2.05, 4.69) is 28.2 Å². The summed E-state index contributed by atoms with van der Waals surface area (Å²) in [5.74, 6) is -0.986. The third kappa shape index (κ3) is 5.49. The number of hydrogen-bond acceptors (Lipinski definition) is 4. The Morgan fingerprint density at radius 3 is 2.58 bits per heavy atom. The highest BCUT2D eigenvalue weighted by Crippen LogP contribution is 2.27. The van der Waals surface area contributed by atoms with Crippen molar-refractivity contribution in [1.82, 2.24) is 0 Å². The molecule has 0 saturated carbocycles. The van der Waals surface area contributed by atoms with Crippen LogP contribution in [0.2, 0.25) is 0 Å². The Morgan fingerprint density at radius 2 is 1.96 bits per heavy atom. The van der Waals surface area contributed by atoms with E-state index in [1.807, 2.05) is 18.2 Å². The van der Waals surface area contributed by atoms with Gasteiger partial charge in [-0.1, -0.05) is 13.0 Å². The van der Waals surface area contributed by atoms with E-state index < -0.39 is 5.97 Å². The maximum atomic E-state index is 11.9. The van der Waals surface area contributed by atoms with Crippen molar-refractivity contribution in [2.24, 2.45) is 0 Å². The van der Waals surface area contributed by atoms with Crippen molar-refractivity contribution in [1.29, 1.82) is 0 Å². The number of benzene rings is 2. The molecular formula is C19H20BrNO5. The number of halogens is 1. The topological polar surface area (TPSA) is 95.9 Å². The summed E-state index contributed by atoms with van der Waals surface area (Å²) >= 11 is 3.46. The second kappa shape index (κ2) is 9.24. The number of carbonyl (C=O) groups is 2. The molecule has 0 aromatic heterocycles. The van der Waals surface area contributed by atoms with Gasteiger partial charge in [-0.3, -0.25) is 4.79 Å². The molecule has 1 amide bonds. The molecule has 0 saturated heterocycles. The molecule has 0 unspecified atom stereocenters. The largest absolute Gasteiger partial charge is 0.506 e. The van der Waals surface area contributed by atoms with Crippen LogP contribution in [0.5, 0.6) is 11.5 Å². The third-order valence-electron chi connectivity index (χ3n) is 3.73. The molecule has 2 rings (SSSR count). The van der Waals surface area contributed by atoms with Gasteiger partial charge in [0.25, 0.3) is 0 Å². The monoisotopic (exact) mass is 421 g/mol. The van der Waals surface area contributed by atoms with E-state index in [1.165, 1.54) is 17.7 Å². The first-order valence-corrected chi connectivity index (χ1v) is 8.97. The van der Waals surface area contributed by atoms with Gasteiger partial charge in [0.2, 0.25) is 5.91 Å². The lowest BCUT2D eigenvalue weighted by atomic mass is 10.2. The fourth-order valence-electron chi connectivity index (χ4n) is 2.28. The number of carboxylic acids is 1. The lowest BCUT2D eigenvalue weighted by molar-refractivity contribution is -0.116. The second-order valence-corrected chi connectivity index (χ2v) is 6.51. The Morgan fingerprint density at radius 1 is 1.19 bits per heavy atom. The van der Waals surface area contributed by atoms with Crippen molar-refractivity contribution in [3.05, 3.63) is 52.0 Å². The summed E-state index contributed by atoms with van der Waals surface area (Å²) in [5.41, 5.74) is 1.34. The van der Waals surface area contributed by atoms with Gasteiger partial charge >= 0.3 is 5.97 Å². The molecule has 0 fully saturated rings. The fraction of sp³-hybridized carbons (Fsp3) is 0.263. The number of anilines is 1. The smallest absolute Gasteiger partial charge is 0.335 e. The van der Waals surface area contributed by atoms with Gasteiger partial charge in [0.15, 0.2) is 0 Å². The molecule has 3 N–H and O–H groups in total. The Kier molecular flexibility index (Phi) is 7.03. The van der Waals surface area contributed by atoms with Gasteiger partial charge in [-0.2, -0.15) is 0 Å². The first kappa shape index (κ1) is 19.8. The minimum atomic E-state index is -1.14. The second-order valence-electron chi connectivity index (χ2n) is 5.66. The predicted octanol–water partition coefficient (Wildman–Crippen LogP) is 4.21. The van der Waals surface area contributed by atoms with Crippen LogP contribution in [0.3, 0.4) is 0 Å². The molecule has 0 atom stereocenters. The average Bonchev–Trinajstić information content (AvgIpc) is 2.61. The number of aromatic hydroxyl groups is 1. The molecule has 6 nitrogen and oxygen atoms in total. The third-order valence-corrected chi connectivity index (χ3v) is 4.35. The summed E-state index contributed by atoms with van der Waals surface area (Å²) < 4.78 is 6.54. The highest BCUT2D eigenvalue weighted by atomic mass is 79.9. The number of ether oxygens (including phenoxy) is 1. The summed E-state index contributed by atoms with van der Waals surface area (Å²) in [6.07, 6.45) is 1.66. The minimum absolute atomic E-state index is 0.0476. The number of nitrogens with one attached hydrogen (secondary N) is 1. The zero-order chi connectivity index (χ0) is 19.1. The zero-order valence-corrected chi connectivity index (χ0v) is 15.9. The van der Waals surface area contributed by atoms with E-state index in [1.54, 1.807) is 0 Å². The Bertz CT molecular complexity index is 807. The molecule has 0 aliphatic carbocycles. The van der Waals surface area contributed by atoms with Crippen molar-refractivity contribution in [3.8, 4) is 11.5 Å². The fourth-order valence-corrected chi connectivity index (χ4v) is 2.82. The van der Waals surface area contributed by atoms with E-state index in [-0.39, 0.29) is 29.3 Å². The number of carboxylic acid groups (broad SMARTS) is 1. The lowest BCUT2D eigenvalue weighted by Crippen LogP contribution is -2.13. The van der Waals surface area contributed by atoms with E-state index >= 15 is 0 Å². The molecule has 0 heterocycles. The zero-order valence-electron chi connectivity index (χ0n) is 14.3. The standard InChI is InChI=1S/C19H20BrNO5/c1-2-12-5-8-17(14(20)10-12)26-9-3-4-18(23)21-15-7-6-13(19(24)25)11-16(15)22/h5-8,10-11,22H,2-4,9H2,1H3,(H,21,23)(H,24,25). The van der Waals surface area contributed by atoms with Crippen LogP contribution in [-0.4, -0.2) is 28.7 Å². The van der Waals surface area contributed by atoms with Gasteiger partial charge in [-0.25, -0.2) is 4.79 Å². The molecule has 7 heteroatoms. The number of phenolic OH excluding ortho intramolecular Hbond substituents is 1. The summed E-state index contributed by atoms with van der Waals surface area (Å²) in [6.45, 7) is 2.45. The van der Waals surface area contributed by atoms with Crippen LogP contribution in [-0.2, 0) is 11.2 Å². The molecule has 2 aromatic rings. The minimum Gasteiger partial charge on any atom is -0.506 e. The van der Waals surface area contributed by atoms with Crippen LogP contribution in [0.1, 0.15) is 35.7 Å². The molecule has 26 heavy (non-hydrogen) atoms. The van der Waals surface area contributed by atoms with Gasteiger partial charge in [0.1, 0.15) is 11.5 Å². The summed E-state index contributed by atoms with van der Waals surface area (Å²) in [7, 11) is 0. The summed E-state index contributed by atoms with van der Waals surface area (Å²) in [6, 6.07) is 9.67. The van der Waals surface area contributed by atoms with Gasteiger partial charge in [0, 0.05) is 6.42 Å². The van der Waals surface area contributed by atoms with E-state index in [4.69, 9.17) is 9.84 Å². The number of rotatable bonds is 8. The Labute approximate surface area is 159 Å². The first-order chi connectivity index (χ1) is 12.4. The lowest BCUT2D eigenvalue weighted by Gasteiger charge is -2.10. The molecule has 0 aliphatic heterocycles. The van der Waals surface area contributed by atoms with Crippen LogP contribution in [0, 0.1) is 0 Å². The van der Waals surface area contributed by atoms with E-state index in [0.717, 1.165) is 22.7 Å². The predicted molar refractivity (Wildman–Crippen MR) is 102 cm³/mol. The maximum Gasteiger partial charge on any atom is 0.335 e. The summed E-state index contributed by atoms with van der Waals surface area (Å²) in [5, 5.41) is 21.2. The molecule has 0 aliphatic rings. The normalized spacial score (nSPS) is 10.4. The Balaban J connectivity index is 1.80. The van der Waals surface area contributed by atoms with Crippen LogP contribution in [0.4, 0.5) is 5.69 Å². The van der Waals surface area contributed by atoms with Gasteiger partial charge in [0.05, 0.1) is 22.3 Å². The van der Waals surface area contributed by atoms with Crippen LogP contribution in [0.15, 0.2) is 40.9 Å². The highest BCUT2D eigenvalue weighted by molar-refractivity contribution is 9.10. The number of aryl methyl sites for hydroxylation is 1. The van der Waals surface area contributed by atoms with Gasteiger partial charge in [-0.15, -0.1) is 0 Å². The van der Waals surface area contributed by atoms with Crippen molar-refractivity contribution in [3.63, 3.8) is 0 Å². The number of amides is 1. The van der Waals surface area contributed by atoms with Crippen molar-refractivity contribution in [2.45, 2.75) is 26.2 Å². The van der Waals surface area contributed by atoms with Gasteiger partial charge < -0.3 is 20.3 Å². The van der Waals surface area contributed by atoms with Crippen LogP contribution < -0.4 is 10.1 Å². The number of phenols is 1. The van der Waals surface area contributed by atoms with E-state index in [9.17, 15) is 14.7 Å². The van der Waals surface area contributed by atoms with Crippen LogP contribution >= 0.6 is 15.9 Å². The first-order valence-electron chi connectivity index (χ1n) is 8.18. The molecule has 138 valence electrons. The Hall–Kier alpha value is -2.54. The van der Waals surface area contributed by atoms with E-state index in [0.29, 0.717) is 13.0 Å². The number of hydrogen-bond donors (Lipinski definition) is 3. The van der Waals surface area contributed by atoms with Crippen molar-refractivity contribution in [2.75, 3.05) is 11.9 Å². The molecular weight excluding hydrogens is 402 g/mol. The molecule has 0 bridgehead atoms. The van der Waals surface area contributed by atoms with Crippen LogP contribution in [0.25, 0.3) is 0 Å². The number of aromatic carboxylic acids is 1. The molecule has 0 radical (unpaired) electrons. The van der Waals surface area contributed by atoms with Crippen molar-refractivity contribution >= 4 is 33.5 Å². The molecule has 2 aromatic carbocycles.